The van der Waals surface area contributed by atoms with Crippen LogP contribution >= 0.6 is 34.8 Å². The number of rotatable bonds is 2. The molecule has 7 heteroatoms. The standard InChI is InChI=1S/C12H8Cl3N3O/c13-7-4-6(5-8(16)10(7)14)12(19)18-9-2-1-3-17-11(9)15/h1-5H,16H2,(H,18,19). The van der Waals surface area contributed by atoms with Crippen LogP contribution < -0.4 is 11.1 Å². The lowest BCUT2D eigenvalue weighted by atomic mass is 10.2. The van der Waals surface area contributed by atoms with Crippen LogP contribution in [0.2, 0.25) is 15.2 Å². The second-order valence-corrected chi connectivity index (χ2v) is 4.80. The van der Waals surface area contributed by atoms with Gasteiger partial charge in [0.1, 0.15) is 0 Å². The van der Waals surface area contributed by atoms with Gasteiger partial charge in [0.05, 0.1) is 21.4 Å². The summed E-state index contributed by atoms with van der Waals surface area (Å²) in [6.45, 7) is 0. The number of aromatic nitrogens is 1. The van der Waals surface area contributed by atoms with Gasteiger partial charge in [-0.25, -0.2) is 4.98 Å². The van der Waals surface area contributed by atoms with Crippen LogP contribution in [0.15, 0.2) is 30.5 Å². The fraction of sp³-hybridized carbons (Fsp3) is 0. The molecule has 0 aliphatic rings. The highest BCUT2D eigenvalue weighted by Crippen LogP contribution is 2.30. The summed E-state index contributed by atoms with van der Waals surface area (Å²) in [7, 11) is 0. The molecule has 0 radical (unpaired) electrons. The lowest BCUT2D eigenvalue weighted by molar-refractivity contribution is 0.102. The molecular weight excluding hydrogens is 309 g/mol. The first kappa shape index (κ1) is 13.9. The molecule has 1 heterocycles. The average molecular weight is 317 g/mol. The molecule has 0 saturated heterocycles. The summed E-state index contributed by atoms with van der Waals surface area (Å²) in [5, 5.41) is 3.24. The van der Waals surface area contributed by atoms with E-state index in [0.29, 0.717) is 5.69 Å². The van der Waals surface area contributed by atoms with Crippen molar-refractivity contribution >= 4 is 52.1 Å². The van der Waals surface area contributed by atoms with Crippen molar-refractivity contribution < 1.29 is 4.79 Å². The van der Waals surface area contributed by atoms with E-state index < -0.39 is 5.91 Å². The van der Waals surface area contributed by atoms with Crippen LogP contribution in [0, 0.1) is 0 Å². The van der Waals surface area contributed by atoms with E-state index in [2.05, 4.69) is 10.3 Å². The van der Waals surface area contributed by atoms with Crippen molar-refractivity contribution in [3.05, 3.63) is 51.2 Å². The Morgan fingerprint density at radius 1 is 1.26 bits per heavy atom. The van der Waals surface area contributed by atoms with Crippen molar-refractivity contribution in [2.75, 3.05) is 11.1 Å². The molecule has 98 valence electrons. The number of carbonyl (C=O) groups excluding carboxylic acids is 1. The molecule has 19 heavy (non-hydrogen) atoms. The van der Waals surface area contributed by atoms with Gasteiger partial charge < -0.3 is 11.1 Å². The fourth-order valence-electron chi connectivity index (χ4n) is 1.42. The molecule has 3 N–H and O–H groups in total. The second-order valence-electron chi connectivity index (χ2n) is 3.66. The SMILES string of the molecule is Nc1cc(C(=O)Nc2cccnc2Cl)cc(Cl)c1Cl. The Balaban J connectivity index is 2.28. The van der Waals surface area contributed by atoms with Crippen LogP contribution in [-0.4, -0.2) is 10.9 Å². The van der Waals surface area contributed by atoms with Gasteiger partial charge in [0, 0.05) is 11.8 Å². The third kappa shape index (κ3) is 3.10. The Hall–Kier alpha value is -1.49. The lowest BCUT2D eigenvalue weighted by Crippen LogP contribution is -2.13. The fourth-order valence-corrected chi connectivity index (χ4v) is 1.92. The third-order valence-electron chi connectivity index (χ3n) is 2.33. The summed E-state index contributed by atoms with van der Waals surface area (Å²) in [4.78, 5) is 15.9. The highest BCUT2D eigenvalue weighted by atomic mass is 35.5. The molecule has 0 atom stereocenters. The first-order valence-corrected chi connectivity index (χ1v) is 6.29. The maximum absolute atomic E-state index is 12.0. The van der Waals surface area contributed by atoms with Gasteiger partial charge >= 0.3 is 0 Å². The summed E-state index contributed by atoms with van der Waals surface area (Å²) >= 11 is 17.5. The van der Waals surface area contributed by atoms with Crippen molar-refractivity contribution in [2.45, 2.75) is 0 Å². The second kappa shape index (κ2) is 5.65. The van der Waals surface area contributed by atoms with E-state index in [-0.39, 0.29) is 26.4 Å². The predicted octanol–water partition coefficient (Wildman–Crippen LogP) is 3.88. The number of hydrogen-bond acceptors (Lipinski definition) is 3. The monoisotopic (exact) mass is 315 g/mol. The van der Waals surface area contributed by atoms with Crippen LogP contribution in [0.5, 0.6) is 0 Å². The first-order valence-electron chi connectivity index (χ1n) is 5.15. The third-order valence-corrected chi connectivity index (χ3v) is 3.44. The number of carbonyl (C=O) groups is 1. The largest absolute Gasteiger partial charge is 0.397 e. The zero-order chi connectivity index (χ0) is 14.0. The number of nitrogens with one attached hydrogen (secondary N) is 1. The predicted molar refractivity (Wildman–Crippen MR) is 78.1 cm³/mol. The van der Waals surface area contributed by atoms with Crippen LogP contribution in [-0.2, 0) is 0 Å². The minimum Gasteiger partial charge on any atom is -0.397 e. The molecule has 0 saturated carbocycles. The van der Waals surface area contributed by atoms with E-state index >= 15 is 0 Å². The Labute approximate surface area is 124 Å². The molecule has 1 aromatic carbocycles. The van der Waals surface area contributed by atoms with Gasteiger partial charge in [-0.05, 0) is 24.3 Å². The quantitative estimate of drug-likeness (QED) is 0.652. The molecule has 2 rings (SSSR count). The maximum atomic E-state index is 12.0. The Morgan fingerprint density at radius 2 is 2.00 bits per heavy atom. The summed E-state index contributed by atoms with van der Waals surface area (Å²) in [5.41, 5.74) is 6.57. The van der Waals surface area contributed by atoms with Crippen molar-refractivity contribution in [2.24, 2.45) is 0 Å². The molecule has 0 aliphatic carbocycles. The van der Waals surface area contributed by atoms with Gasteiger partial charge in [-0.15, -0.1) is 0 Å². The average Bonchev–Trinajstić information content (AvgIpc) is 2.38. The van der Waals surface area contributed by atoms with Crippen LogP contribution in [0.3, 0.4) is 0 Å². The lowest BCUT2D eigenvalue weighted by Gasteiger charge is -2.08. The highest BCUT2D eigenvalue weighted by Gasteiger charge is 2.12. The number of benzene rings is 1. The maximum Gasteiger partial charge on any atom is 0.255 e. The van der Waals surface area contributed by atoms with E-state index in [1.165, 1.54) is 18.3 Å². The smallest absolute Gasteiger partial charge is 0.255 e. The van der Waals surface area contributed by atoms with E-state index in [9.17, 15) is 4.79 Å². The van der Waals surface area contributed by atoms with Crippen LogP contribution in [0.1, 0.15) is 10.4 Å². The summed E-state index contributed by atoms with van der Waals surface area (Å²) < 4.78 is 0. The van der Waals surface area contributed by atoms with Crippen LogP contribution in [0.25, 0.3) is 0 Å². The number of nitrogen functional groups attached to an aromatic ring is 1. The molecule has 0 unspecified atom stereocenters. The van der Waals surface area contributed by atoms with Gasteiger partial charge in [0.25, 0.3) is 5.91 Å². The Bertz CT molecular complexity index is 623. The zero-order valence-electron chi connectivity index (χ0n) is 9.45. The molecule has 0 bridgehead atoms. The Kier molecular flexibility index (Phi) is 4.14. The van der Waals surface area contributed by atoms with E-state index in [1.807, 2.05) is 0 Å². The van der Waals surface area contributed by atoms with E-state index in [1.54, 1.807) is 12.1 Å². The van der Waals surface area contributed by atoms with E-state index in [0.717, 1.165) is 0 Å². The number of pyridine rings is 1. The van der Waals surface area contributed by atoms with Crippen molar-refractivity contribution in [3.8, 4) is 0 Å². The van der Waals surface area contributed by atoms with Gasteiger partial charge in [-0.2, -0.15) is 0 Å². The zero-order valence-corrected chi connectivity index (χ0v) is 11.7. The van der Waals surface area contributed by atoms with Gasteiger partial charge in [-0.3, -0.25) is 4.79 Å². The van der Waals surface area contributed by atoms with Gasteiger partial charge in [0.15, 0.2) is 5.15 Å². The van der Waals surface area contributed by atoms with E-state index in [4.69, 9.17) is 40.5 Å². The Morgan fingerprint density at radius 3 is 2.63 bits per heavy atom. The topological polar surface area (TPSA) is 68.0 Å². The molecule has 0 aliphatic heterocycles. The molecule has 4 nitrogen and oxygen atoms in total. The summed E-state index contributed by atoms with van der Waals surface area (Å²) in [6.07, 6.45) is 1.52. The molecule has 2 aromatic rings. The van der Waals surface area contributed by atoms with Gasteiger partial charge in [0.2, 0.25) is 0 Å². The van der Waals surface area contributed by atoms with Gasteiger partial charge in [-0.1, -0.05) is 34.8 Å². The minimum atomic E-state index is -0.403. The molecular formula is C12H8Cl3N3O. The molecule has 1 aromatic heterocycles. The van der Waals surface area contributed by atoms with Crippen LogP contribution in [0.4, 0.5) is 11.4 Å². The minimum absolute atomic E-state index is 0.198. The van der Waals surface area contributed by atoms with Crippen molar-refractivity contribution in [1.82, 2.24) is 4.98 Å². The highest BCUT2D eigenvalue weighted by molar-refractivity contribution is 6.44. The number of halogens is 3. The number of amides is 1. The van der Waals surface area contributed by atoms with Crippen molar-refractivity contribution in [1.29, 1.82) is 0 Å². The normalized spacial score (nSPS) is 10.3. The number of nitrogens with two attached hydrogens (primary N) is 1. The summed E-state index contributed by atoms with van der Waals surface area (Å²) in [5.74, 6) is -0.403. The first-order chi connectivity index (χ1) is 8.99. The molecule has 1 amide bonds. The molecule has 0 fully saturated rings. The number of nitrogens with zero attached hydrogens (tertiary/aromatic N) is 1. The molecule has 0 spiro atoms. The van der Waals surface area contributed by atoms with Crippen molar-refractivity contribution in [3.63, 3.8) is 0 Å². The summed E-state index contributed by atoms with van der Waals surface area (Å²) in [6, 6.07) is 6.16. The number of hydrogen-bond donors (Lipinski definition) is 2. The number of anilines is 2.